The number of anilines is 1. The van der Waals surface area contributed by atoms with Crippen molar-refractivity contribution in [3.05, 3.63) is 5.01 Å². The summed E-state index contributed by atoms with van der Waals surface area (Å²) in [6.45, 7) is 5.85. The Labute approximate surface area is 94.1 Å². The fourth-order valence-electron chi connectivity index (χ4n) is 0.983. The van der Waals surface area contributed by atoms with Gasteiger partial charge in [0.2, 0.25) is 11.0 Å². The summed E-state index contributed by atoms with van der Waals surface area (Å²) in [4.78, 5) is 11.4. The summed E-state index contributed by atoms with van der Waals surface area (Å²) < 4.78 is 0. The van der Waals surface area contributed by atoms with Crippen LogP contribution in [0.3, 0.4) is 0 Å². The van der Waals surface area contributed by atoms with Gasteiger partial charge in [-0.2, -0.15) is 0 Å². The molecule has 84 valence electrons. The monoisotopic (exact) mass is 227 g/mol. The maximum Gasteiger partial charge on any atom is 0.228 e. The molecule has 0 bridgehead atoms. The SMILES string of the molecule is CCCCc1nnc(NC(=O)C(C)C)s1. The molecule has 0 atom stereocenters. The molecule has 0 aliphatic carbocycles. The van der Waals surface area contributed by atoms with Crippen LogP contribution in [0.5, 0.6) is 0 Å². The number of aryl methyl sites for hydroxylation is 1. The number of rotatable bonds is 5. The molecule has 0 aliphatic heterocycles. The molecular formula is C10H17N3OS. The molecule has 1 aromatic rings. The Kier molecular flexibility index (Phi) is 4.68. The second kappa shape index (κ2) is 5.80. The van der Waals surface area contributed by atoms with Crippen LogP contribution in [-0.4, -0.2) is 16.1 Å². The quantitative estimate of drug-likeness (QED) is 0.840. The second-order valence-corrected chi connectivity index (χ2v) is 4.81. The fourth-order valence-corrected chi connectivity index (χ4v) is 1.77. The van der Waals surface area contributed by atoms with Gasteiger partial charge in [0, 0.05) is 12.3 Å². The zero-order valence-electron chi connectivity index (χ0n) is 9.41. The molecule has 1 amide bonds. The van der Waals surface area contributed by atoms with E-state index in [9.17, 15) is 4.79 Å². The predicted octanol–water partition coefficient (Wildman–Crippen LogP) is 2.48. The van der Waals surface area contributed by atoms with Gasteiger partial charge in [0.25, 0.3) is 0 Å². The lowest BCUT2D eigenvalue weighted by molar-refractivity contribution is -0.118. The molecule has 4 nitrogen and oxygen atoms in total. The number of hydrogen-bond donors (Lipinski definition) is 1. The van der Waals surface area contributed by atoms with Gasteiger partial charge < -0.3 is 5.32 Å². The summed E-state index contributed by atoms with van der Waals surface area (Å²) in [6.07, 6.45) is 3.21. The average molecular weight is 227 g/mol. The molecule has 0 radical (unpaired) electrons. The molecule has 5 heteroatoms. The van der Waals surface area contributed by atoms with E-state index in [0.29, 0.717) is 5.13 Å². The van der Waals surface area contributed by atoms with Gasteiger partial charge in [-0.1, -0.05) is 38.5 Å². The summed E-state index contributed by atoms with van der Waals surface area (Å²) in [5.41, 5.74) is 0. The van der Waals surface area contributed by atoms with Crippen molar-refractivity contribution in [1.29, 1.82) is 0 Å². The first-order chi connectivity index (χ1) is 7.13. The lowest BCUT2D eigenvalue weighted by Gasteiger charge is -2.02. The number of carbonyl (C=O) groups excluding carboxylic acids is 1. The van der Waals surface area contributed by atoms with E-state index >= 15 is 0 Å². The Bertz CT molecular complexity index is 322. The first-order valence-corrected chi connectivity index (χ1v) is 6.08. The van der Waals surface area contributed by atoms with Crippen LogP contribution in [0.1, 0.15) is 38.6 Å². The van der Waals surface area contributed by atoms with Crippen molar-refractivity contribution < 1.29 is 4.79 Å². The van der Waals surface area contributed by atoms with Crippen molar-refractivity contribution in [2.75, 3.05) is 5.32 Å². The maximum absolute atomic E-state index is 11.4. The zero-order valence-corrected chi connectivity index (χ0v) is 10.2. The number of aromatic nitrogens is 2. The van der Waals surface area contributed by atoms with E-state index < -0.39 is 0 Å². The Hall–Kier alpha value is -0.970. The minimum Gasteiger partial charge on any atom is -0.300 e. The number of hydrogen-bond acceptors (Lipinski definition) is 4. The van der Waals surface area contributed by atoms with E-state index in [1.807, 2.05) is 13.8 Å². The van der Waals surface area contributed by atoms with E-state index in [4.69, 9.17) is 0 Å². The smallest absolute Gasteiger partial charge is 0.228 e. The Morgan fingerprint density at radius 1 is 1.47 bits per heavy atom. The molecule has 0 unspecified atom stereocenters. The summed E-state index contributed by atoms with van der Waals surface area (Å²) in [5.74, 6) is -0.0267. The molecule has 0 saturated heterocycles. The van der Waals surface area contributed by atoms with Crippen molar-refractivity contribution in [3.8, 4) is 0 Å². The number of nitrogens with one attached hydrogen (secondary N) is 1. The Morgan fingerprint density at radius 3 is 2.80 bits per heavy atom. The first kappa shape index (κ1) is 12.1. The molecule has 0 aliphatic rings. The minimum atomic E-state index is -0.0204. The minimum absolute atomic E-state index is 0.00630. The van der Waals surface area contributed by atoms with Crippen LogP contribution in [0, 0.1) is 5.92 Å². The lowest BCUT2D eigenvalue weighted by atomic mass is 10.2. The molecule has 0 spiro atoms. The van der Waals surface area contributed by atoms with Gasteiger partial charge in [0.05, 0.1) is 0 Å². The van der Waals surface area contributed by atoms with Gasteiger partial charge in [-0.05, 0) is 6.42 Å². The third kappa shape index (κ3) is 3.95. The third-order valence-corrected chi connectivity index (χ3v) is 2.86. The van der Waals surface area contributed by atoms with Crippen LogP contribution < -0.4 is 5.32 Å². The molecular weight excluding hydrogens is 210 g/mol. The van der Waals surface area contributed by atoms with E-state index in [-0.39, 0.29) is 11.8 Å². The van der Waals surface area contributed by atoms with Crippen LogP contribution in [0.15, 0.2) is 0 Å². The van der Waals surface area contributed by atoms with E-state index in [2.05, 4.69) is 22.4 Å². The second-order valence-electron chi connectivity index (χ2n) is 3.75. The summed E-state index contributed by atoms with van der Waals surface area (Å²) in [5, 5.41) is 12.3. The molecule has 1 rings (SSSR count). The molecule has 0 saturated carbocycles. The van der Waals surface area contributed by atoms with E-state index in [1.54, 1.807) is 0 Å². The Morgan fingerprint density at radius 2 is 2.20 bits per heavy atom. The Balaban J connectivity index is 2.49. The molecule has 1 heterocycles. The van der Waals surface area contributed by atoms with Crippen molar-refractivity contribution >= 4 is 22.4 Å². The zero-order chi connectivity index (χ0) is 11.3. The van der Waals surface area contributed by atoms with Gasteiger partial charge in [0.1, 0.15) is 5.01 Å². The highest BCUT2D eigenvalue weighted by Crippen LogP contribution is 2.17. The summed E-state index contributed by atoms with van der Waals surface area (Å²) in [6, 6.07) is 0. The summed E-state index contributed by atoms with van der Waals surface area (Å²) in [7, 11) is 0. The van der Waals surface area contributed by atoms with Crippen molar-refractivity contribution in [2.45, 2.75) is 40.0 Å². The lowest BCUT2D eigenvalue weighted by Crippen LogP contribution is -2.17. The van der Waals surface area contributed by atoms with Gasteiger partial charge in [0.15, 0.2) is 0 Å². The van der Waals surface area contributed by atoms with Gasteiger partial charge in [-0.25, -0.2) is 0 Å². The standard InChI is InChI=1S/C10H17N3OS/c1-4-5-6-8-12-13-10(15-8)11-9(14)7(2)3/h7H,4-6H2,1-3H3,(H,11,13,14). The number of carbonyl (C=O) groups is 1. The molecule has 1 aromatic heterocycles. The van der Waals surface area contributed by atoms with Crippen LogP contribution in [-0.2, 0) is 11.2 Å². The highest BCUT2D eigenvalue weighted by atomic mass is 32.1. The first-order valence-electron chi connectivity index (χ1n) is 5.26. The van der Waals surface area contributed by atoms with Gasteiger partial charge in [-0.15, -0.1) is 10.2 Å². The molecule has 0 aromatic carbocycles. The number of unbranched alkanes of at least 4 members (excludes halogenated alkanes) is 1. The van der Waals surface area contributed by atoms with Gasteiger partial charge >= 0.3 is 0 Å². The van der Waals surface area contributed by atoms with Crippen LogP contribution in [0.4, 0.5) is 5.13 Å². The highest BCUT2D eigenvalue weighted by molar-refractivity contribution is 7.15. The fraction of sp³-hybridized carbons (Fsp3) is 0.700. The van der Waals surface area contributed by atoms with Crippen molar-refractivity contribution in [2.24, 2.45) is 5.92 Å². The van der Waals surface area contributed by atoms with Crippen LogP contribution in [0.2, 0.25) is 0 Å². The predicted molar refractivity (Wildman–Crippen MR) is 62.0 cm³/mol. The van der Waals surface area contributed by atoms with E-state index in [1.165, 1.54) is 11.3 Å². The number of amides is 1. The average Bonchev–Trinajstić information content (AvgIpc) is 2.62. The third-order valence-electron chi connectivity index (χ3n) is 1.97. The maximum atomic E-state index is 11.4. The normalized spacial score (nSPS) is 10.7. The summed E-state index contributed by atoms with van der Waals surface area (Å²) >= 11 is 1.46. The largest absolute Gasteiger partial charge is 0.300 e. The van der Waals surface area contributed by atoms with Crippen LogP contribution >= 0.6 is 11.3 Å². The topological polar surface area (TPSA) is 54.9 Å². The van der Waals surface area contributed by atoms with Crippen molar-refractivity contribution in [1.82, 2.24) is 10.2 Å². The van der Waals surface area contributed by atoms with Crippen molar-refractivity contribution in [3.63, 3.8) is 0 Å². The number of nitrogens with zero attached hydrogens (tertiary/aromatic N) is 2. The highest BCUT2D eigenvalue weighted by Gasteiger charge is 2.10. The molecule has 15 heavy (non-hydrogen) atoms. The van der Waals surface area contributed by atoms with Crippen LogP contribution in [0.25, 0.3) is 0 Å². The van der Waals surface area contributed by atoms with Gasteiger partial charge in [-0.3, -0.25) is 4.79 Å². The molecule has 0 fully saturated rings. The van der Waals surface area contributed by atoms with E-state index in [0.717, 1.165) is 24.3 Å². The molecule has 1 N–H and O–H groups in total.